The Balaban J connectivity index is 0.000000240. The number of alkyl halides is 6. The normalized spacial score (nSPS) is 29.0. The Morgan fingerprint density at radius 1 is 0.818 bits per heavy atom. The minimum Gasteiger partial charge on any atom is -0.471 e. The van der Waals surface area contributed by atoms with E-state index in [2.05, 4.69) is 31.2 Å². The molecule has 0 unspecified atom stereocenters. The van der Waals surface area contributed by atoms with E-state index in [-0.39, 0.29) is 90.4 Å². The van der Waals surface area contributed by atoms with Crippen LogP contribution < -0.4 is 14.2 Å². The Morgan fingerprint density at radius 3 is 2.02 bits per heavy atom. The first-order chi connectivity index (χ1) is 46.0. The average Bonchev–Trinajstić information content (AvgIpc) is 1.12. The Kier molecular flexibility index (Phi) is 20.1. The number of sulfonamides is 1. The van der Waals surface area contributed by atoms with Crippen molar-refractivity contribution in [3.05, 3.63) is 71.6 Å². The Bertz CT molecular complexity index is 4050. The molecule has 1 N–H and O–H groups in total. The van der Waals surface area contributed by atoms with Gasteiger partial charge in [0.15, 0.2) is 11.4 Å². The molecule has 28 heteroatoms. The number of fused-ring (bicyclic) bond motifs is 8. The molecule has 13 atom stereocenters. The van der Waals surface area contributed by atoms with E-state index in [1.165, 1.54) is 53.1 Å². The number of halogens is 6. The van der Waals surface area contributed by atoms with Crippen LogP contribution in [-0.2, 0) is 55.3 Å². The third-order valence-electron chi connectivity index (χ3n) is 20.7. The third kappa shape index (κ3) is 15.7. The predicted octanol–water partition coefficient (Wildman–Crippen LogP) is 12.6. The molecule has 99 heavy (non-hydrogen) atoms. The highest BCUT2D eigenvalue weighted by molar-refractivity contribution is 7.91. The van der Waals surface area contributed by atoms with Gasteiger partial charge in [-0.25, -0.2) is 46.7 Å². The molecule has 0 spiro atoms. The van der Waals surface area contributed by atoms with Crippen LogP contribution >= 0.6 is 0 Å². The quantitative estimate of drug-likeness (QED) is 0.0597. The Morgan fingerprint density at radius 2 is 1.44 bits per heavy atom. The fraction of sp³-hybridized carbons (Fsp3) is 0.648. The second-order valence-electron chi connectivity index (χ2n) is 31.3. The van der Waals surface area contributed by atoms with E-state index < -0.39 is 162 Å². The van der Waals surface area contributed by atoms with Gasteiger partial charge >= 0.3 is 24.0 Å². The topological polar surface area (TPSA) is 283 Å². The van der Waals surface area contributed by atoms with Crippen molar-refractivity contribution in [2.45, 2.75) is 225 Å². The van der Waals surface area contributed by atoms with E-state index in [0.29, 0.717) is 50.0 Å². The number of allylic oxidation sites excluding steroid dienone is 1. The largest absolute Gasteiger partial charge is 0.471 e. The van der Waals surface area contributed by atoms with Crippen LogP contribution in [0.25, 0.3) is 22.1 Å². The third-order valence-corrected chi connectivity index (χ3v) is 22.9. The summed E-state index contributed by atoms with van der Waals surface area (Å²) in [5, 5.41) is 18.8. The molecule has 3 aliphatic heterocycles. The van der Waals surface area contributed by atoms with Crippen LogP contribution in [0.4, 0.5) is 31.1 Å². The van der Waals surface area contributed by atoms with Gasteiger partial charge in [-0.2, -0.15) is 28.1 Å². The lowest BCUT2D eigenvalue weighted by Crippen LogP contribution is -2.47. The zero-order valence-electron chi connectivity index (χ0n) is 57.8. The molecule has 5 heterocycles. The number of nitrogens with one attached hydrogen (secondary N) is 1. The van der Waals surface area contributed by atoms with Gasteiger partial charge in [0, 0.05) is 30.2 Å². The number of benzene rings is 2. The summed E-state index contributed by atoms with van der Waals surface area (Å²) in [7, 11) is -4.15. The van der Waals surface area contributed by atoms with Crippen molar-refractivity contribution in [3.63, 3.8) is 0 Å². The molecule has 21 nitrogen and oxygen atoms in total. The molecule has 2 aromatic heterocycles. The molecule has 2 bridgehead atoms. The Labute approximate surface area is 572 Å². The lowest BCUT2D eigenvalue weighted by molar-refractivity contribution is -0.161. The predicted molar refractivity (Wildman–Crippen MR) is 348 cm³/mol. The number of likely N-dealkylation sites (tertiary alicyclic amines) is 1. The fourth-order valence-corrected chi connectivity index (χ4v) is 15.8. The van der Waals surface area contributed by atoms with Crippen molar-refractivity contribution in [2.75, 3.05) is 13.1 Å². The zero-order chi connectivity index (χ0) is 72.7. The minimum atomic E-state index is -4.15. The molecule has 2 saturated heterocycles. The van der Waals surface area contributed by atoms with Gasteiger partial charge in [-0.15, -0.1) is 0 Å². The van der Waals surface area contributed by atoms with Crippen LogP contribution in [0.2, 0.25) is 0 Å². The van der Waals surface area contributed by atoms with E-state index >= 15 is 8.78 Å². The van der Waals surface area contributed by atoms with E-state index in [9.17, 15) is 60.5 Å². The molecule has 7 aliphatic rings. The lowest BCUT2D eigenvalue weighted by Gasteiger charge is -2.36. The molecule has 2 aromatic carbocycles. The fourth-order valence-electron chi connectivity index (χ4n) is 14.4. The number of ether oxygens (including phenoxy) is 5. The van der Waals surface area contributed by atoms with E-state index in [0.717, 1.165) is 6.42 Å². The highest BCUT2D eigenvalue weighted by Crippen LogP contribution is 2.61. The van der Waals surface area contributed by atoms with Crippen LogP contribution in [0.3, 0.4) is 0 Å². The van der Waals surface area contributed by atoms with Gasteiger partial charge in [0.05, 0.1) is 80.9 Å². The monoisotopic (exact) mass is 1400 g/mol. The van der Waals surface area contributed by atoms with Crippen LogP contribution in [-0.4, -0.2) is 134 Å². The highest BCUT2D eigenvalue weighted by atomic mass is 32.2. The van der Waals surface area contributed by atoms with Crippen molar-refractivity contribution in [3.8, 4) is 23.9 Å². The number of hydrogen-bond donors (Lipinski definition) is 1. The summed E-state index contributed by atoms with van der Waals surface area (Å²) >= 11 is 0. The number of carbonyl (C=O) groups is 5. The van der Waals surface area contributed by atoms with Gasteiger partial charge in [0.25, 0.3) is 5.92 Å². The maximum Gasteiger partial charge on any atom is 0.411 e. The summed E-state index contributed by atoms with van der Waals surface area (Å²) < 4.78 is 148. The summed E-state index contributed by atoms with van der Waals surface area (Å²) in [6.45, 7) is 23.4. The summed E-state index contributed by atoms with van der Waals surface area (Å²) in [6.07, 6.45) is -3.26. The second kappa shape index (κ2) is 26.9. The van der Waals surface area contributed by atoms with Crippen LogP contribution in [0, 0.1) is 74.9 Å². The van der Waals surface area contributed by atoms with Gasteiger partial charge in [0.1, 0.15) is 35.6 Å². The first-order valence-corrected chi connectivity index (χ1v) is 35.3. The first-order valence-electron chi connectivity index (χ1n) is 33.8. The zero-order valence-corrected chi connectivity index (χ0v) is 58.6. The highest BCUT2D eigenvalue weighted by Gasteiger charge is 2.66. The van der Waals surface area contributed by atoms with Crippen molar-refractivity contribution in [1.29, 1.82) is 10.5 Å². The van der Waals surface area contributed by atoms with Gasteiger partial charge < -0.3 is 28.6 Å². The maximum atomic E-state index is 16.5. The smallest absolute Gasteiger partial charge is 0.411 e. The van der Waals surface area contributed by atoms with Gasteiger partial charge in [-0.05, 0) is 172 Å². The van der Waals surface area contributed by atoms with Crippen molar-refractivity contribution < 1.29 is 82.4 Å². The maximum absolute atomic E-state index is 16.5. The summed E-state index contributed by atoms with van der Waals surface area (Å²) in [5.74, 6) is -13.6. The molecule has 6 fully saturated rings. The van der Waals surface area contributed by atoms with Gasteiger partial charge in [-0.3, -0.25) is 24.0 Å². The summed E-state index contributed by atoms with van der Waals surface area (Å²) in [4.78, 5) is 88.5. The van der Waals surface area contributed by atoms with Crippen molar-refractivity contribution in [1.82, 2.24) is 34.5 Å². The van der Waals surface area contributed by atoms with E-state index in [4.69, 9.17) is 23.7 Å². The number of aromatic nitrogens is 4. The molecule has 4 saturated carbocycles. The van der Waals surface area contributed by atoms with Gasteiger partial charge in [0.2, 0.25) is 40.0 Å². The molecule has 3 amide bonds. The van der Waals surface area contributed by atoms with Crippen LogP contribution in [0.5, 0.6) is 11.8 Å². The minimum absolute atomic E-state index is 0.0228. The van der Waals surface area contributed by atoms with Crippen LogP contribution in [0.15, 0.2) is 49.1 Å². The molecule has 11 rings (SSSR count). The van der Waals surface area contributed by atoms with Crippen LogP contribution in [0.1, 0.15) is 183 Å². The second-order valence-corrected chi connectivity index (χ2v) is 33.5. The lowest BCUT2D eigenvalue weighted by atomic mass is 9.77. The first kappa shape index (κ1) is 73.8. The van der Waals surface area contributed by atoms with Crippen molar-refractivity contribution >= 4 is 61.9 Å². The Hall–Kier alpha value is -7.88. The van der Waals surface area contributed by atoms with E-state index in [1.54, 1.807) is 55.4 Å². The number of amides is 3. The number of carbonyl (C=O) groups excluding carboxylic acids is 5. The summed E-state index contributed by atoms with van der Waals surface area (Å²) in [6, 6.07) is 10.7. The number of rotatable bonds is 12. The van der Waals surface area contributed by atoms with Crippen molar-refractivity contribution in [2.24, 2.45) is 52.3 Å². The number of esters is 2. The molecule has 4 aliphatic carbocycles. The molecular formula is C71H87F6N9O12S. The molecule has 0 radical (unpaired) electrons. The molecule has 4 aromatic rings. The standard InChI is InChI=1S/C44H55F4N5O7S.C27H32F2N4O5/c1-23-32(11-13-43(20-29(43)37(45)46)40(56)52-61(57,58)42(5)14-15-42)53-22-34(23)60-38-36(50-30-10-9-24(21-49)16-31(30)51-38)44(47,48)12-7-6-8-26-27-17-25(27)18-33(26)59-35(54)19-28(39(53)55)41(2,3)4;1-9-27(28,29)21-22(32-18-12-16(13-30)10-11-17(18)31-21)36-19-14-33(24(35)38-26(6,7)8)20(15(19)2)23(34)37-25(3,4)5/h9-10,16,23,25-29,32-34,37H,6-8,11-15,17-20,22H2,1-5H3,(H,52,56);9-12,15,19-20H,1,14H2,2-8H3/t23-,25-,26+,27-,28+,29-,32+,33+,34-,43-;15-,19+,20+/m01/s1. The number of nitriles is 2. The number of hydrogen-bond acceptors (Lipinski definition) is 18. The molecular weight excluding hydrogens is 1320 g/mol. The number of nitrogens with zero attached hydrogens (tertiary/aromatic N) is 8. The SMILES string of the molecule is C=CC(F)(F)c1nc2ccc(C#N)cc2nc1O[C@H]1CN(C(=O)OC(C)(C)C)[C@H](C(=O)OC(C)(C)C)[C@@H]1C.C[C@@H]1[C@@H]2CN(C(=O)[C@H](C(C)(C)C)CC(=O)O[C@@H]3C[C@@H]4C[C@@H]4[C@H]3CCCCC(F)(F)c3nc4ccc(C#N)cc4nc3O2)[C@@H]1CC[C@]1(C(=O)NS(=O)(=O)C2(C)CC2)C[C@H]1C(F)F. The summed E-state index contributed by atoms with van der Waals surface area (Å²) in [5.41, 5.74) is -4.56. The average molecular weight is 1400 g/mol. The molecule has 536 valence electrons. The van der Waals surface area contributed by atoms with E-state index in [1.807, 2.05) is 32.9 Å². The van der Waals surface area contributed by atoms with Gasteiger partial charge in [-0.1, -0.05) is 47.6 Å².